The highest BCUT2D eigenvalue weighted by atomic mass is 35.5. The molecule has 2 rings (SSSR count). The molecule has 1 heterocycles. The molecule has 1 atom stereocenters. The van der Waals surface area contributed by atoms with Crippen LogP contribution in [-0.4, -0.2) is 6.54 Å². The molecule has 0 aliphatic heterocycles. The van der Waals surface area contributed by atoms with Crippen LogP contribution in [0, 0.1) is 0 Å². The van der Waals surface area contributed by atoms with E-state index in [0.717, 1.165) is 33.6 Å². The van der Waals surface area contributed by atoms with Gasteiger partial charge in [0.1, 0.15) is 0 Å². The molecule has 0 aliphatic rings. The van der Waals surface area contributed by atoms with Crippen LogP contribution >= 0.6 is 34.5 Å². The summed E-state index contributed by atoms with van der Waals surface area (Å²) < 4.78 is 1.53. The predicted octanol–water partition coefficient (Wildman–Crippen LogP) is 5.34. The number of benzene rings is 1. The van der Waals surface area contributed by atoms with Gasteiger partial charge in [-0.2, -0.15) is 0 Å². The van der Waals surface area contributed by atoms with E-state index in [1.54, 1.807) is 0 Å². The Balaban J connectivity index is 1.75. The van der Waals surface area contributed by atoms with Gasteiger partial charge in [0.2, 0.25) is 0 Å². The first kappa shape index (κ1) is 14.9. The molecule has 1 aromatic heterocycles. The third-order valence-electron chi connectivity index (χ3n) is 3.09. The molecular formula is C15H17Cl2NS. The summed E-state index contributed by atoms with van der Waals surface area (Å²) in [6, 6.07) is 12.7. The van der Waals surface area contributed by atoms with Crippen molar-refractivity contribution in [3.8, 4) is 0 Å². The number of halogens is 2. The normalized spacial score (nSPS) is 12.6. The molecule has 0 radical (unpaired) electrons. The Labute approximate surface area is 128 Å². The molecule has 102 valence electrons. The minimum atomic E-state index is 0.243. The second kappa shape index (κ2) is 7.30. The first-order valence-electron chi connectivity index (χ1n) is 6.39. The van der Waals surface area contributed by atoms with Gasteiger partial charge in [-0.3, -0.25) is 0 Å². The second-order valence-electron chi connectivity index (χ2n) is 4.54. The number of nitrogens with one attached hydrogen (secondary N) is 1. The van der Waals surface area contributed by atoms with Crippen molar-refractivity contribution in [3.63, 3.8) is 0 Å². The highest BCUT2D eigenvalue weighted by Gasteiger charge is 2.12. The fourth-order valence-electron chi connectivity index (χ4n) is 2.01. The lowest BCUT2D eigenvalue weighted by atomic mass is 10.1. The summed E-state index contributed by atoms with van der Waals surface area (Å²) in [5, 5.41) is 3.49. The average molecular weight is 314 g/mol. The van der Waals surface area contributed by atoms with Crippen LogP contribution in [0.2, 0.25) is 8.67 Å². The predicted molar refractivity (Wildman–Crippen MR) is 85.5 cm³/mol. The van der Waals surface area contributed by atoms with Crippen molar-refractivity contribution in [1.82, 2.24) is 5.32 Å². The van der Waals surface area contributed by atoms with Crippen LogP contribution in [0.5, 0.6) is 0 Å². The lowest BCUT2D eigenvalue weighted by Gasteiger charge is -2.13. The lowest BCUT2D eigenvalue weighted by molar-refractivity contribution is 0.559. The van der Waals surface area contributed by atoms with Crippen LogP contribution in [0.25, 0.3) is 0 Å². The van der Waals surface area contributed by atoms with Crippen molar-refractivity contribution in [3.05, 3.63) is 56.2 Å². The first-order valence-corrected chi connectivity index (χ1v) is 7.96. The van der Waals surface area contributed by atoms with Crippen molar-refractivity contribution < 1.29 is 0 Å². The molecule has 0 fully saturated rings. The number of rotatable bonds is 6. The summed E-state index contributed by atoms with van der Waals surface area (Å²) >= 11 is 13.5. The SMILES string of the molecule is CC(NCCCc1ccccc1)c1cc(Cl)sc1Cl. The van der Waals surface area contributed by atoms with E-state index in [4.69, 9.17) is 23.2 Å². The highest BCUT2D eigenvalue weighted by molar-refractivity contribution is 7.20. The van der Waals surface area contributed by atoms with Crippen LogP contribution in [-0.2, 0) is 6.42 Å². The fourth-order valence-corrected chi connectivity index (χ4v) is 3.66. The van der Waals surface area contributed by atoms with Crippen LogP contribution in [0.1, 0.15) is 30.5 Å². The maximum atomic E-state index is 6.14. The molecule has 4 heteroatoms. The molecule has 0 saturated carbocycles. The number of thiophene rings is 1. The number of hydrogen-bond donors (Lipinski definition) is 1. The van der Waals surface area contributed by atoms with Gasteiger partial charge in [-0.1, -0.05) is 53.5 Å². The topological polar surface area (TPSA) is 12.0 Å². The average Bonchev–Trinajstić information content (AvgIpc) is 2.75. The Morgan fingerprint density at radius 3 is 2.58 bits per heavy atom. The van der Waals surface area contributed by atoms with Crippen LogP contribution in [0.3, 0.4) is 0 Å². The fraction of sp³-hybridized carbons (Fsp3) is 0.333. The van der Waals surface area contributed by atoms with Crippen LogP contribution in [0.4, 0.5) is 0 Å². The molecule has 1 unspecified atom stereocenters. The molecule has 1 aromatic carbocycles. The Hall–Kier alpha value is -0.540. The smallest absolute Gasteiger partial charge is 0.0991 e. The largest absolute Gasteiger partial charge is 0.310 e. The van der Waals surface area contributed by atoms with E-state index < -0.39 is 0 Å². The standard InChI is InChI=1S/C15H17Cl2NS/c1-11(13-10-14(16)19-15(13)17)18-9-5-8-12-6-3-2-4-7-12/h2-4,6-7,10-11,18H,5,8-9H2,1H3. The van der Waals surface area contributed by atoms with Gasteiger partial charge in [-0.05, 0) is 43.5 Å². The highest BCUT2D eigenvalue weighted by Crippen LogP contribution is 2.34. The van der Waals surface area contributed by atoms with E-state index >= 15 is 0 Å². The molecule has 19 heavy (non-hydrogen) atoms. The molecule has 1 N–H and O–H groups in total. The minimum absolute atomic E-state index is 0.243. The van der Waals surface area contributed by atoms with Gasteiger partial charge in [0.15, 0.2) is 0 Å². The van der Waals surface area contributed by atoms with Crippen molar-refractivity contribution in [1.29, 1.82) is 0 Å². The Morgan fingerprint density at radius 2 is 1.95 bits per heavy atom. The van der Waals surface area contributed by atoms with Gasteiger partial charge in [0.05, 0.1) is 8.67 Å². The zero-order valence-corrected chi connectivity index (χ0v) is 13.2. The Kier molecular flexibility index (Phi) is 5.71. The van der Waals surface area contributed by atoms with Gasteiger partial charge in [0, 0.05) is 6.04 Å². The van der Waals surface area contributed by atoms with Crippen LogP contribution < -0.4 is 5.32 Å². The molecule has 0 aliphatic carbocycles. The summed E-state index contributed by atoms with van der Waals surface area (Å²) in [6.45, 7) is 3.09. The minimum Gasteiger partial charge on any atom is -0.310 e. The molecule has 0 amide bonds. The Bertz CT molecular complexity index is 510. The maximum Gasteiger partial charge on any atom is 0.0991 e. The molecule has 0 saturated heterocycles. The van der Waals surface area contributed by atoms with E-state index in [1.807, 2.05) is 12.1 Å². The molecule has 2 aromatic rings. The summed E-state index contributed by atoms with van der Waals surface area (Å²) in [4.78, 5) is 0. The van der Waals surface area contributed by atoms with E-state index in [1.165, 1.54) is 16.9 Å². The Morgan fingerprint density at radius 1 is 1.21 bits per heavy atom. The molecule has 1 nitrogen and oxygen atoms in total. The molecule has 0 bridgehead atoms. The number of hydrogen-bond acceptors (Lipinski definition) is 2. The quantitative estimate of drug-likeness (QED) is 0.710. The summed E-state index contributed by atoms with van der Waals surface area (Å²) in [5.41, 5.74) is 2.48. The lowest BCUT2D eigenvalue weighted by Crippen LogP contribution is -2.20. The van der Waals surface area contributed by atoms with Gasteiger partial charge in [-0.15, -0.1) is 11.3 Å². The van der Waals surface area contributed by atoms with E-state index in [2.05, 4.69) is 36.5 Å². The van der Waals surface area contributed by atoms with E-state index in [0.29, 0.717) is 0 Å². The summed E-state index contributed by atoms with van der Waals surface area (Å²) in [6.07, 6.45) is 2.21. The van der Waals surface area contributed by atoms with Gasteiger partial charge >= 0.3 is 0 Å². The van der Waals surface area contributed by atoms with E-state index in [-0.39, 0.29) is 6.04 Å². The van der Waals surface area contributed by atoms with Crippen molar-refractivity contribution in [2.24, 2.45) is 0 Å². The monoisotopic (exact) mass is 313 g/mol. The zero-order valence-electron chi connectivity index (χ0n) is 10.8. The third kappa shape index (κ3) is 4.50. The zero-order chi connectivity index (χ0) is 13.7. The van der Waals surface area contributed by atoms with Gasteiger partial charge < -0.3 is 5.32 Å². The summed E-state index contributed by atoms with van der Waals surface area (Å²) in [5.74, 6) is 0. The van der Waals surface area contributed by atoms with Crippen molar-refractivity contribution in [2.45, 2.75) is 25.8 Å². The summed E-state index contributed by atoms with van der Waals surface area (Å²) in [7, 11) is 0. The molecular weight excluding hydrogens is 297 g/mol. The maximum absolute atomic E-state index is 6.14. The van der Waals surface area contributed by atoms with Crippen LogP contribution in [0.15, 0.2) is 36.4 Å². The second-order valence-corrected chi connectivity index (χ2v) is 6.83. The third-order valence-corrected chi connectivity index (χ3v) is 4.60. The number of aryl methyl sites for hydroxylation is 1. The van der Waals surface area contributed by atoms with Crippen molar-refractivity contribution >= 4 is 34.5 Å². The van der Waals surface area contributed by atoms with Gasteiger partial charge in [0.25, 0.3) is 0 Å². The van der Waals surface area contributed by atoms with Gasteiger partial charge in [-0.25, -0.2) is 0 Å². The van der Waals surface area contributed by atoms with Crippen molar-refractivity contribution in [2.75, 3.05) is 6.54 Å². The van der Waals surface area contributed by atoms with E-state index in [9.17, 15) is 0 Å². The first-order chi connectivity index (χ1) is 9.16. The molecule has 0 spiro atoms.